The van der Waals surface area contributed by atoms with E-state index in [1.165, 1.54) is 7.11 Å². The van der Waals surface area contributed by atoms with E-state index in [1.807, 2.05) is 90.1 Å². The van der Waals surface area contributed by atoms with Crippen molar-refractivity contribution < 1.29 is 33.4 Å². The van der Waals surface area contributed by atoms with Gasteiger partial charge in [-0.3, -0.25) is 9.59 Å². The van der Waals surface area contributed by atoms with E-state index in [-0.39, 0.29) is 23.9 Å². The van der Waals surface area contributed by atoms with Crippen molar-refractivity contribution in [3.63, 3.8) is 0 Å². The molecule has 4 amide bonds. The second kappa shape index (κ2) is 15.7. The average molecular weight is 793 g/mol. The Hall–Kier alpha value is -6.12. The number of amides is 4. The Morgan fingerprint density at radius 1 is 0.759 bits per heavy atom. The lowest BCUT2D eigenvalue weighted by Gasteiger charge is -2.35. The number of methoxy groups -OCH3 is 1. The molecule has 2 aliphatic heterocycles. The average Bonchev–Trinajstić information content (AvgIpc) is 4.02. The van der Waals surface area contributed by atoms with Gasteiger partial charge in [-0.1, -0.05) is 65.8 Å². The van der Waals surface area contributed by atoms with Gasteiger partial charge >= 0.3 is 12.2 Å². The van der Waals surface area contributed by atoms with Crippen molar-refractivity contribution in [1.29, 1.82) is 0 Å². The van der Waals surface area contributed by atoms with Crippen molar-refractivity contribution in [3.05, 3.63) is 72.6 Å². The topological polar surface area (TPSA) is 199 Å². The van der Waals surface area contributed by atoms with Gasteiger partial charge in [-0.25, -0.2) is 19.6 Å². The van der Waals surface area contributed by atoms with Crippen molar-refractivity contribution in [2.45, 2.75) is 91.4 Å². The molecule has 5 aromatic rings. The number of carbonyl (C=O) groups is 4. The van der Waals surface area contributed by atoms with Gasteiger partial charge in [0, 0.05) is 29.6 Å². The number of rotatable bonds is 9. The third-order valence-corrected chi connectivity index (χ3v) is 11.1. The number of hydrogen-bond donors (Lipinski definition) is 5. The maximum Gasteiger partial charge on any atom is 0.407 e. The fourth-order valence-corrected chi connectivity index (χ4v) is 8.03. The van der Waals surface area contributed by atoms with E-state index in [1.54, 1.807) is 22.2 Å². The molecule has 0 bridgehead atoms. The van der Waals surface area contributed by atoms with Crippen LogP contribution in [0.2, 0.25) is 0 Å². The SMILES string of the molecule is COC(=O)N[C@H](C(=O)N1CCC[C@H]1c1ncc(-c2ccc3oc(-c4ccc(-c5cnc([C@@H]6CCCN6C(=O)[C@@H](NC(=O)O)C(C)(C)C)[nH]5)cc4)cc3c2)[nH]1)C(C)(C)C. The van der Waals surface area contributed by atoms with E-state index < -0.39 is 35.1 Å². The summed E-state index contributed by atoms with van der Waals surface area (Å²) in [5.74, 6) is 1.66. The highest BCUT2D eigenvalue weighted by Gasteiger charge is 2.42. The molecule has 306 valence electrons. The minimum atomic E-state index is -1.23. The number of aromatic nitrogens is 4. The maximum atomic E-state index is 13.8. The second-order valence-electron chi connectivity index (χ2n) is 17.4. The molecule has 5 heterocycles. The summed E-state index contributed by atoms with van der Waals surface area (Å²) in [5, 5.41) is 15.5. The van der Waals surface area contributed by atoms with Crippen LogP contribution in [0.3, 0.4) is 0 Å². The van der Waals surface area contributed by atoms with Crippen LogP contribution in [0.25, 0.3) is 44.8 Å². The van der Waals surface area contributed by atoms with Crippen LogP contribution in [0.15, 0.2) is 65.3 Å². The quantitative estimate of drug-likeness (QED) is 0.0995. The highest BCUT2D eigenvalue weighted by atomic mass is 16.5. The predicted molar refractivity (Wildman–Crippen MR) is 217 cm³/mol. The van der Waals surface area contributed by atoms with Crippen molar-refractivity contribution in [3.8, 4) is 33.8 Å². The first-order valence-corrected chi connectivity index (χ1v) is 19.7. The lowest BCUT2D eigenvalue weighted by Crippen LogP contribution is -2.54. The van der Waals surface area contributed by atoms with Gasteiger partial charge in [0.15, 0.2) is 0 Å². The van der Waals surface area contributed by atoms with Crippen molar-refractivity contribution in [2.75, 3.05) is 20.2 Å². The van der Waals surface area contributed by atoms with E-state index >= 15 is 0 Å². The zero-order valence-corrected chi connectivity index (χ0v) is 34.0. The third kappa shape index (κ3) is 8.16. The summed E-state index contributed by atoms with van der Waals surface area (Å²) in [6.07, 6.45) is 4.78. The number of hydrogen-bond acceptors (Lipinski definition) is 8. The third-order valence-electron chi connectivity index (χ3n) is 11.1. The first kappa shape index (κ1) is 40.1. The molecule has 2 aromatic carbocycles. The van der Waals surface area contributed by atoms with Gasteiger partial charge in [-0.15, -0.1) is 0 Å². The van der Waals surface area contributed by atoms with Crippen LogP contribution in [0.5, 0.6) is 0 Å². The highest BCUT2D eigenvalue weighted by Crippen LogP contribution is 2.37. The van der Waals surface area contributed by atoms with Crippen molar-refractivity contribution in [1.82, 2.24) is 40.4 Å². The Kier molecular flexibility index (Phi) is 10.8. The molecule has 5 N–H and O–H groups in total. The molecule has 15 heteroatoms. The number of aromatic amines is 2. The minimum absolute atomic E-state index is 0.166. The molecule has 0 radical (unpaired) electrons. The highest BCUT2D eigenvalue weighted by molar-refractivity contribution is 5.89. The smallest absolute Gasteiger partial charge is 0.407 e. The number of nitrogens with one attached hydrogen (secondary N) is 4. The molecule has 2 aliphatic rings. The number of benzene rings is 2. The van der Waals surface area contributed by atoms with E-state index in [2.05, 4.69) is 25.6 Å². The zero-order chi connectivity index (χ0) is 41.5. The summed E-state index contributed by atoms with van der Waals surface area (Å²) in [7, 11) is 1.29. The molecule has 2 saturated heterocycles. The van der Waals surface area contributed by atoms with Crippen LogP contribution in [-0.2, 0) is 14.3 Å². The summed E-state index contributed by atoms with van der Waals surface area (Å²) in [6.45, 7) is 12.4. The zero-order valence-electron chi connectivity index (χ0n) is 34.0. The Morgan fingerprint density at radius 3 is 1.78 bits per heavy atom. The first-order valence-electron chi connectivity index (χ1n) is 19.7. The number of furan rings is 1. The summed E-state index contributed by atoms with van der Waals surface area (Å²) >= 11 is 0. The summed E-state index contributed by atoms with van der Waals surface area (Å²) in [4.78, 5) is 70.7. The van der Waals surface area contributed by atoms with Crippen LogP contribution < -0.4 is 10.6 Å². The van der Waals surface area contributed by atoms with Crippen LogP contribution in [0.4, 0.5) is 9.59 Å². The first-order chi connectivity index (χ1) is 27.5. The lowest BCUT2D eigenvalue weighted by atomic mass is 9.85. The molecule has 0 unspecified atom stereocenters. The molecule has 15 nitrogen and oxygen atoms in total. The number of ether oxygens (including phenoxy) is 1. The van der Waals surface area contributed by atoms with Gasteiger partial charge in [0.1, 0.15) is 35.1 Å². The molecular weight excluding hydrogens is 741 g/mol. The van der Waals surface area contributed by atoms with Gasteiger partial charge in [0.25, 0.3) is 0 Å². The lowest BCUT2D eigenvalue weighted by molar-refractivity contribution is -0.137. The van der Waals surface area contributed by atoms with Gasteiger partial charge in [-0.2, -0.15) is 0 Å². The van der Waals surface area contributed by atoms with E-state index in [4.69, 9.17) is 14.1 Å². The van der Waals surface area contributed by atoms with Crippen molar-refractivity contribution in [2.24, 2.45) is 10.8 Å². The number of alkyl carbamates (subject to hydrolysis) is 1. The van der Waals surface area contributed by atoms with Gasteiger partial charge in [0.05, 0.1) is 43.0 Å². The molecule has 2 fully saturated rings. The summed E-state index contributed by atoms with van der Waals surface area (Å²) in [6, 6.07) is 13.8. The molecule has 0 aliphatic carbocycles. The summed E-state index contributed by atoms with van der Waals surface area (Å²) in [5.41, 5.74) is 3.98. The number of H-pyrrole nitrogens is 2. The Morgan fingerprint density at radius 2 is 1.26 bits per heavy atom. The minimum Gasteiger partial charge on any atom is -0.465 e. The maximum absolute atomic E-state index is 13.8. The fourth-order valence-electron chi connectivity index (χ4n) is 8.03. The number of carboxylic acid groups (broad SMARTS) is 1. The van der Waals surface area contributed by atoms with Crippen LogP contribution in [0, 0.1) is 10.8 Å². The number of imidazole rings is 2. The number of likely N-dealkylation sites (tertiary alicyclic amines) is 2. The van der Waals surface area contributed by atoms with Crippen LogP contribution in [0.1, 0.15) is 91.0 Å². The number of carbonyl (C=O) groups excluding carboxylic acids is 3. The van der Waals surface area contributed by atoms with Crippen molar-refractivity contribution >= 4 is 35.0 Å². The molecule has 0 saturated carbocycles. The van der Waals surface area contributed by atoms with Gasteiger partial charge in [-0.05, 0) is 66.3 Å². The number of fused-ring (bicyclic) bond motifs is 1. The molecule has 7 rings (SSSR count). The van der Waals surface area contributed by atoms with E-state index in [0.717, 1.165) is 64.7 Å². The van der Waals surface area contributed by atoms with Gasteiger partial charge < -0.3 is 44.7 Å². The second-order valence-corrected chi connectivity index (χ2v) is 17.4. The predicted octanol–water partition coefficient (Wildman–Crippen LogP) is 7.66. The van der Waals surface area contributed by atoms with E-state index in [0.29, 0.717) is 30.5 Å². The molecule has 4 atom stereocenters. The summed E-state index contributed by atoms with van der Waals surface area (Å²) < 4.78 is 11.1. The Balaban J connectivity index is 1.04. The van der Waals surface area contributed by atoms with E-state index in [9.17, 15) is 24.3 Å². The molecule has 3 aromatic heterocycles. The standard InChI is InChI=1S/C43H52N8O7/c1-42(2,3)34(48-40(54)55)38(52)50-18-8-10-30(50)36-44-22-28(46-36)24-12-14-25(15-13-24)33-21-27-20-26(16-17-32(27)58-33)29-23-45-37(47-29)31-11-9-19-51(31)39(53)35(43(4,5)6)49-41(56)57-7/h12-17,20-23,30-31,34-35,48H,8-11,18-19H2,1-7H3,(H,44,46)(H,45,47)(H,49,56)(H,54,55)/t30-,31-,34+,35+/m0/s1. The fraction of sp³-hybridized carbons (Fsp3) is 0.442. The monoisotopic (exact) mass is 792 g/mol. The molecule has 0 spiro atoms. The molecular formula is C43H52N8O7. The normalized spacial score (nSPS) is 18.3. The Labute approximate surface area is 336 Å². The van der Waals surface area contributed by atoms with Crippen LogP contribution in [-0.4, -0.2) is 91.1 Å². The number of nitrogens with zero attached hydrogens (tertiary/aromatic N) is 4. The molecule has 58 heavy (non-hydrogen) atoms. The largest absolute Gasteiger partial charge is 0.465 e. The van der Waals surface area contributed by atoms with Crippen LogP contribution >= 0.6 is 0 Å². The Bertz CT molecular complexity index is 2310. The van der Waals surface area contributed by atoms with Gasteiger partial charge in [0.2, 0.25) is 11.8 Å².